The van der Waals surface area contributed by atoms with Crippen LogP contribution in [-0.2, 0) is 10.4 Å². The predicted molar refractivity (Wildman–Crippen MR) is 64.3 cm³/mol. The van der Waals surface area contributed by atoms with E-state index in [2.05, 4.69) is 0 Å². The Morgan fingerprint density at radius 3 is 1.71 bits per heavy atom. The van der Waals surface area contributed by atoms with Crippen LogP contribution in [0.25, 0.3) is 0 Å². The first-order valence-corrected chi connectivity index (χ1v) is 5.95. The maximum Gasteiger partial charge on any atom is 0.346 e. The van der Waals surface area contributed by atoms with Crippen molar-refractivity contribution in [3.8, 4) is 0 Å². The van der Waals surface area contributed by atoms with Crippen molar-refractivity contribution in [2.75, 3.05) is 0 Å². The molecule has 0 aliphatic heterocycles. The van der Waals surface area contributed by atoms with Gasteiger partial charge in [-0.3, -0.25) is 9.41 Å². The highest BCUT2D eigenvalue weighted by atomic mass is 32.1. The topological polar surface area (TPSA) is 57.5 Å². The molecular formula is C10H10F2O3S2. The zero-order valence-electron chi connectivity index (χ0n) is 8.40. The van der Waals surface area contributed by atoms with Crippen LogP contribution in [0.4, 0.5) is 9.41 Å². The molecule has 2 N–H and O–H groups in total. The van der Waals surface area contributed by atoms with Gasteiger partial charge in [0.25, 0.3) is 0 Å². The minimum Gasteiger partial charge on any atom is -0.479 e. The van der Waals surface area contributed by atoms with Crippen LogP contribution in [0.1, 0.15) is 9.75 Å². The number of carboxylic acids is 1. The molecule has 7 heteroatoms. The van der Waals surface area contributed by atoms with Crippen molar-refractivity contribution >= 4 is 28.6 Å². The second kappa shape index (κ2) is 5.85. The number of aliphatic carboxylic acids is 1. The van der Waals surface area contributed by atoms with E-state index in [1.165, 1.54) is 22.7 Å². The molecule has 0 fully saturated rings. The van der Waals surface area contributed by atoms with Gasteiger partial charge in [-0.25, -0.2) is 4.79 Å². The van der Waals surface area contributed by atoms with Gasteiger partial charge in [-0.15, -0.1) is 22.7 Å². The van der Waals surface area contributed by atoms with Gasteiger partial charge in [0.2, 0.25) is 5.60 Å². The number of hydrogen-bond acceptors (Lipinski definition) is 4. The van der Waals surface area contributed by atoms with E-state index >= 15 is 0 Å². The number of carbonyl (C=O) groups is 1. The van der Waals surface area contributed by atoms with Crippen molar-refractivity contribution in [3.05, 3.63) is 44.8 Å². The number of halogens is 2. The van der Waals surface area contributed by atoms with Gasteiger partial charge in [0, 0.05) is 0 Å². The smallest absolute Gasteiger partial charge is 0.346 e. The summed E-state index contributed by atoms with van der Waals surface area (Å²) < 4.78 is 0. The van der Waals surface area contributed by atoms with Crippen molar-refractivity contribution in [2.24, 2.45) is 0 Å². The fourth-order valence-corrected chi connectivity index (χ4v) is 3.02. The van der Waals surface area contributed by atoms with E-state index in [0.717, 1.165) is 0 Å². The van der Waals surface area contributed by atoms with Crippen LogP contribution in [-0.4, -0.2) is 16.2 Å². The quantitative estimate of drug-likeness (QED) is 0.908. The van der Waals surface area contributed by atoms with Gasteiger partial charge in [0.15, 0.2) is 0 Å². The summed E-state index contributed by atoms with van der Waals surface area (Å²) in [6, 6.07) is 6.69. The lowest BCUT2D eigenvalue weighted by Crippen LogP contribution is -2.34. The van der Waals surface area contributed by atoms with Crippen LogP contribution in [0.15, 0.2) is 35.0 Å². The molecule has 17 heavy (non-hydrogen) atoms. The van der Waals surface area contributed by atoms with Crippen LogP contribution in [0.2, 0.25) is 0 Å². The third-order valence-corrected chi connectivity index (χ3v) is 4.02. The molecule has 3 nitrogen and oxygen atoms in total. The highest BCUT2D eigenvalue weighted by molar-refractivity contribution is 7.12. The van der Waals surface area contributed by atoms with Gasteiger partial charge >= 0.3 is 5.97 Å². The van der Waals surface area contributed by atoms with Gasteiger partial charge in [-0.1, -0.05) is 12.1 Å². The fraction of sp³-hybridized carbons (Fsp3) is 0.100. The Morgan fingerprint density at radius 2 is 1.47 bits per heavy atom. The van der Waals surface area contributed by atoms with Crippen LogP contribution in [0.3, 0.4) is 0 Å². The molecular weight excluding hydrogens is 270 g/mol. The van der Waals surface area contributed by atoms with E-state index in [0.29, 0.717) is 9.75 Å². The number of rotatable bonds is 3. The zero-order valence-corrected chi connectivity index (χ0v) is 10.0. The van der Waals surface area contributed by atoms with Gasteiger partial charge in [-0.2, -0.15) is 0 Å². The van der Waals surface area contributed by atoms with Gasteiger partial charge < -0.3 is 10.2 Å². The zero-order chi connectivity index (χ0) is 10.9. The molecule has 0 aliphatic rings. The maximum absolute atomic E-state index is 11.2. The molecule has 2 aromatic heterocycles. The second-order valence-electron chi connectivity index (χ2n) is 2.97. The third kappa shape index (κ3) is 2.51. The maximum atomic E-state index is 11.2. The third-order valence-electron chi connectivity index (χ3n) is 2.07. The molecule has 2 heterocycles. The Balaban J connectivity index is 0.00000128. The predicted octanol–water partition coefficient (Wildman–Crippen LogP) is 2.44. The number of hydrogen-bond donors (Lipinski definition) is 2. The average Bonchev–Trinajstić information content (AvgIpc) is 2.89. The molecule has 0 spiro atoms. The van der Waals surface area contributed by atoms with Crippen LogP contribution >= 0.6 is 22.7 Å². The lowest BCUT2D eigenvalue weighted by atomic mass is 10.0. The number of aliphatic hydroxyl groups is 1. The summed E-state index contributed by atoms with van der Waals surface area (Å²) in [5.74, 6) is -1.24. The normalized spacial score (nSPS) is 10.2. The van der Waals surface area contributed by atoms with Crippen molar-refractivity contribution < 1.29 is 24.4 Å². The first kappa shape index (κ1) is 15.7. The Hall–Kier alpha value is -1.31. The fourth-order valence-electron chi connectivity index (χ4n) is 1.30. The molecule has 0 amide bonds. The summed E-state index contributed by atoms with van der Waals surface area (Å²) in [7, 11) is 0. The monoisotopic (exact) mass is 280 g/mol. The molecule has 0 radical (unpaired) electrons. The first-order valence-electron chi connectivity index (χ1n) is 4.19. The summed E-state index contributed by atoms with van der Waals surface area (Å²) in [5, 5.41) is 22.9. The van der Waals surface area contributed by atoms with E-state index in [9.17, 15) is 9.90 Å². The van der Waals surface area contributed by atoms with Crippen LogP contribution in [0.5, 0.6) is 0 Å². The first-order chi connectivity index (χ1) is 7.15. The van der Waals surface area contributed by atoms with E-state index in [4.69, 9.17) is 5.11 Å². The van der Waals surface area contributed by atoms with Crippen LogP contribution in [0, 0.1) is 0 Å². The molecule has 0 bridgehead atoms. The molecule has 0 unspecified atom stereocenters. The van der Waals surface area contributed by atoms with Crippen molar-refractivity contribution in [1.82, 2.24) is 0 Å². The Morgan fingerprint density at radius 1 is 1.06 bits per heavy atom. The minimum absolute atomic E-state index is 0. The van der Waals surface area contributed by atoms with E-state index in [1.54, 1.807) is 35.0 Å². The van der Waals surface area contributed by atoms with E-state index in [-0.39, 0.29) is 9.41 Å². The molecule has 0 atom stereocenters. The minimum atomic E-state index is -1.90. The Labute approximate surface area is 104 Å². The molecule has 2 aromatic rings. The SMILES string of the molecule is F.F.O=C(O)C(O)(c1cccs1)c1cccs1. The molecule has 2 rings (SSSR count). The Bertz CT molecular complexity index is 420. The highest BCUT2D eigenvalue weighted by Gasteiger charge is 2.42. The van der Waals surface area contributed by atoms with Gasteiger partial charge in [0.1, 0.15) is 0 Å². The summed E-state index contributed by atoms with van der Waals surface area (Å²) in [6.07, 6.45) is 0. The number of carboxylic acid groups (broad SMARTS) is 1. The Kier molecular flexibility index (Phi) is 5.40. The van der Waals surface area contributed by atoms with Gasteiger partial charge in [-0.05, 0) is 22.9 Å². The van der Waals surface area contributed by atoms with Gasteiger partial charge in [0.05, 0.1) is 9.75 Å². The lowest BCUT2D eigenvalue weighted by Gasteiger charge is -2.20. The van der Waals surface area contributed by atoms with Crippen molar-refractivity contribution in [3.63, 3.8) is 0 Å². The van der Waals surface area contributed by atoms with Crippen molar-refractivity contribution in [2.45, 2.75) is 5.60 Å². The second-order valence-corrected chi connectivity index (χ2v) is 4.87. The summed E-state index contributed by atoms with van der Waals surface area (Å²) >= 11 is 2.46. The van der Waals surface area contributed by atoms with E-state index < -0.39 is 11.6 Å². The summed E-state index contributed by atoms with van der Waals surface area (Å²) in [6.45, 7) is 0. The number of thiophene rings is 2. The van der Waals surface area contributed by atoms with Crippen molar-refractivity contribution in [1.29, 1.82) is 0 Å². The summed E-state index contributed by atoms with van der Waals surface area (Å²) in [5.41, 5.74) is -1.90. The molecule has 0 saturated heterocycles. The van der Waals surface area contributed by atoms with Crippen LogP contribution < -0.4 is 0 Å². The largest absolute Gasteiger partial charge is 0.479 e. The molecule has 0 saturated carbocycles. The summed E-state index contributed by atoms with van der Waals surface area (Å²) in [4.78, 5) is 12.0. The molecule has 0 aromatic carbocycles. The highest BCUT2D eigenvalue weighted by Crippen LogP contribution is 2.35. The standard InChI is InChI=1S/C10H8O3S2.2FH/c11-9(12)10(13,7-3-1-5-14-7)8-4-2-6-15-8;;/h1-6,13H,(H,11,12);2*1H. The van der Waals surface area contributed by atoms with E-state index in [1.807, 2.05) is 0 Å². The molecule has 0 aliphatic carbocycles. The average molecular weight is 280 g/mol. The molecule has 94 valence electrons. The lowest BCUT2D eigenvalue weighted by molar-refractivity contribution is -0.154.